The van der Waals surface area contributed by atoms with Crippen LogP contribution in [-0.2, 0) is 6.54 Å². The van der Waals surface area contributed by atoms with Crippen molar-refractivity contribution >= 4 is 10.9 Å². The lowest BCUT2D eigenvalue weighted by atomic mass is 10.1. The molecule has 0 bridgehead atoms. The van der Waals surface area contributed by atoms with Gasteiger partial charge in [0.15, 0.2) is 0 Å². The third-order valence-corrected chi connectivity index (χ3v) is 5.65. The number of methoxy groups -OCH3 is 2. The minimum atomic E-state index is -0.616. The van der Waals surface area contributed by atoms with Gasteiger partial charge in [0.1, 0.15) is 23.0 Å². The van der Waals surface area contributed by atoms with Crippen molar-refractivity contribution in [3.8, 4) is 28.4 Å². The van der Waals surface area contributed by atoms with Crippen LogP contribution in [0.4, 0.5) is 4.39 Å². The lowest BCUT2D eigenvalue weighted by Gasteiger charge is -2.15. The highest BCUT2D eigenvalue weighted by Crippen LogP contribution is 2.31. The third-order valence-electron chi connectivity index (χ3n) is 5.65. The maximum Gasteiger partial charge on any atom is 0.281 e. The van der Waals surface area contributed by atoms with E-state index in [1.165, 1.54) is 66.3 Å². The number of nitrogens with zero attached hydrogens (tertiary/aromatic N) is 4. The summed E-state index contributed by atoms with van der Waals surface area (Å²) in [5, 5.41) is 3.11. The Balaban J connectivity index is 1.88. The van der Waals surface area contributed by atoms with Gasteiger partial charge in [0.25, 0.3) is 11.1 Å². The van der Waals surface area contributed by atoms with Crippen molar-refractivity contribution in [2.45, 2.75) is 6.54 Å². The van der Waals surface area contributed by atoms with E-state index >= 15 is 4.39 Å². The van der Waals surface area contributed by atoms with Crippen molar-refractivity contribution in [2.24, 2.45) is 0 Å². The number of ether oxygens (including phenoxy) is 2. The fourth-order valence-corrected chi connectivity index (χ4v) is 4.04. The summed E-state index contributed by atoms with van der Waals surface area (Å²) in [6, 6.07) is 12.4. The summed E-state index contributed by atoms with van der Waals surface area (Å²) in [7, 11) is 2.95. The maximum atomic E-state index is 15.2. The topological polar surface area (TPSA) is 104 Å². The van der Waals surface area contributed by atoms with Crippen LogP contribution < -0.4 is 20.6 Å². The quantitative estimate of drug-likeness (QED) is 0.406. The van der Waals surface area contributed by atoms with Crippen LogP contribution in [0, 0.1) is 5.82 Å². The minimum Gasteiger partial charge on any atom is -0.497 e. The summed E-state index contributed by atoms with van der Waals surface area (Å²) in [6.07, 6.45) is 4.51. The molecule has 0 atom stereocenters. The lowest BCUT2D eigenvalue weighted by molar-refractivity contribution is 0.411. The molecule has 10 heteroatoms. The normalized spacial score (nSPS) is 11.1. The fourth-order valence-electron chi connectivity index (χ4n) is 4.04. The standard InChI is InChI=1S/C25H20FN5O4/c1-34-16-7-8-18(26)17(11-16)24-23-19(12-22(32)30(24)14-15-13-27-9-10-28-15)29-31(25(23)33)20-5-3-4-6-21(20)35-2/h3-13,29H,14H2,1-2H3. The van der Waals surface area contributed by atoms with Crippen molar-refractivity contribution in [2.75, 3.05) is 14.2 Å². The van der Waals surface area contributed by atoms with Gasteiger partial charge in [-0.1, -0.05) is 12.1 Å². The first-order valence-electron chi connectivity index (χ1n) is 10.6. The van der Waals surface area contributed by atoms with Crippen LogP contribution in [0.25, 0.3) is 27.8 Å². The van der Waals surface area contributed by atoms with E-state index in [0.29, 0.717) is 22.9 Å². The van der Waals surface area contributed by atoms with E-state index in [2.05, 4.69) is 15.1 Å². The number of para-hydroxylation sites is 2. The number of halogens is 1. The maximum absolute atomic E-state index is 15.2. The van der Waals surface area contributed by atoms with Gasteiger partial charge in [-0.25, -0.2) is 9.07 Å². The van der Waals surface area contributed by atoms with Gasteiger partial charge in [-0.3, -0.25) is 24.7 Å². The summed E-state index contributed by atoms with van der Waals surface area (Å²) in [5.74, 6) is 0.206. The number of hydrogen-bond acceptors (Lipinski definition) is 6. The number of H-pyrrole nitrogens is 1. The number of aromatic amines is 1. The first-order valence-corrected chi connectivity index (χ1v) is 10.6. The molecule has 0 amide bonds. The van der Waals surface area contributed by atoms with Gasteiger partial charge in [0, 0.05) is 24.0 Å². The Bertz CT molecular complexity index is 1660. The van der Waals surface area contributed by atoms with Gasteiger partial charge in [0.2, 0.25) is 0 Å². The highest BCUT2D eigenvalue weighted by Gasteiger charge is 2.23. The number of rotatable bonds is 6. The first kappa shape index (κ1) is 22.1. The van der Waals surface area contributed by atoms with Gasteiger partial charge in [0.05, 0.1) is 49.3 Å². The molecule has 0 fully saturated rings. The molecular formula is C25H20FN5O4. The van der Waals surface area contributed by atoms with Crippen molar-refractivity contribution in [1.29, 1.82) is 0 Å². The van der Waals surface area contributed by atoms with Gasteiger partial charge in [-0.05, 0) is 30.3 Å². The first-order chi connectivity index (χ1) is 17.0. The van der Waals surface area contributed by atoms with E-state index in [0.717, 1.165) is 0 Å². The molecule has 0 saturated heterocycles. The molecule has 35 heavy (non-hydrogen) atoms. The second-order valence-corrected chi connectivity index (χ2v) is 7.67. The summed E-state index contributed by atoms with van der Waals surface area (Å²) in [4.78, 5) is 35.3. The van der Waals surface area contributed by atoms with Crippen molar-refractivity contribution < 1.29 is 13.9 Å². The number of aromatic nitrogens is 5. The van der Waals surface area contributed by atoms with Crippen LogP contribution in [0.1, 0.15) is 5.69 Å². The molecule has 9 nitrogen and oxygen atoms in total. The molecule has 1 N–H and O–H groups in total. The molecule has 0 radical (unpaired) electrons. The van der Waals surface area contributed by atoms with Crippen LogP contribution >= 0.6 is 0 Å². The van der Waals surface area contributed by atoms with E-state index in [9.17, 15) is 9.59 Å². The molecule has 176 valence electrons. The summed E-state index contributed by atoms with van der Waals surface area (Å²) in [6.45, 7) is -0.0200. The smallest absolute Gasteiger partial charge is 0.281 e. The Morgan fingerprint density at radius 3 is 2.60 bits per heavy atom. The van der Waals surface area contributed by atoms with E-state index < -0.39 is 16.9 Å². The zero-order valence-corrected chi connectivity index (χ0v) is 18.9. The second-order valence-electron chi connectivity index (χ2n) is 7.67. The number of nitrogens with one attached hydrogen (secondary N) is 1. The Kier molecular flexibility index (Phi) is 5.61. The van der Waals surface area contributed by atoms with E-state index in [-0.39, 0.29) is 28.7 Å². The molecule has 0 unspecified atom stereocenters. The van der Waals surface area contributed by atoms with Crippen LogP contribution in [0.2, 0.25) is 0 Å². The van der Waals surface area contributed by atoms with Gasteiger partial charge >= 0.3 is 0 Å². The van der Waals surface area contributed by atoms with Gasteiger partial charge in [-0.15, -0.1) is 0 Å². The highest BCUT2D eigenvalue weighted by molar-refractivity contribution is 5.93. The Hall–Kier alpha value is -4.73. The molecule has 5 rings (SSSR count). The Morgan fingerprint density at radius 1 is 1.03 bits per heavy atom. The number of benzene rings is 2. The monoisotopic (exact) mass is 473 g/mol. The van der Waals surface area contributed by atoms with Gasteiger partial charge in [-0.2, -0.15) is 0 Å². The van der Waals surface area contributed by atoms with Crippen molar-refractivity contribution in [3.05, 3.63) is 99.3 Å². The predicted octanol–water partition coefficient (Wildman–Crippen LogP) is 3.14. The van der Waals surface area contributed by atoms with Crippen molar-refractivity contribution in [3.63, 3.8) is 0 Å². The summed E-state index contributed by atoms with van der Waals surface area (Å²) < 4.78 is 28.5. The van der Waals surface area contributed by atoms with E-state index in [1.54, 1.807) is 24.3 Å². The molecule has 3 heterocycles. The van der Waals surface area contributed by atoms with Crippen LogP contribution in [0.3, 0.4) is 0 Å². The highest BCUT2D eigenvalue weighted by atomic mass is 19.1. The molecule has 0 aliphatic rings. The van der Waals surface area contributed by atoms with Gasteiger partial charge < -0.3 is 14.0 Å². The second kappa shape index (κ2) is 8.90. The lowest BCUT2D eigenvalue weighted by Crippen LogP contribution is -2.24. The van der Waals surface area contributed by atoms with Crippen LogP contribution in [0.15, 0.2) is 76.7 Å². The van der Waals surface area contributed by atoms with Crippen LogP contribution in [0.5, 0.6) is 11.5 Å². The predicted molar refractivity (Wildman–Crippen MR) is 128 cm³/mol. The Labute approximate surface area is 198 Å². The zero-order chi connectivity index (χ0) is 24.5. The molecule has 0 saturated carbocycles. The van der Waals surface area contributed by atoms with E-state index in [1.807, 2.05) is 0 Å². The molecule has 0 aliphatic carbocycles. The molecule has 0 aliphatic heterocycles. The zero-order valence-electron chi connectivity index (χ0n) is 18.9. The molecule has 2 aromatic carbocycles. The number of fused-ring (bicyclic) bond motifs is 1. The molecular weight excluding hydrogens is 453 g/mol. The average molecular weight is 473 g/mol. The SMILES string of the molecule is COc1ccc(F)c(-c2c3c(=O)n(-c4ccccc4OC)[nH]c3cc(=O)n2Cc2cnccn2)c1. The largest absolute Gasteiger partial charge is 0.497 e. The summed E-state index contributed by atoms with van der Waals surface area (Å²) >= 11 is 0. The average Bonchev–Trinajstić information content (AvgIpc) is 3.21. The molecule has 5 aromatic rings. The van der Waals surface area contributed by atoms with Crippen LogP contribution in [-0.4, -0.2) is 38.5 Å². The summed E-state index contributed by atoms with van der Waals surface area (Å²) in [5.41, 5.74) is 0.380. The third kappa shape index (κ3) is 3.84. The molecule has 0 spiro atoms. The Morgan fingerprint density at radius 2 is 1.86 bits per heavy atom. The fraction of sp³-hybridized carbons (Fsp3) is 0.120. The number of pyridine rings is 1. The molecule has 3 aromatic heterocycles. The van der Waals surface area contributed by atoms with E-state index in [4.69, 9.17) is 9.47 Å². The van der Waals surface area contributed by atoms with Crippen molar-refractivity contribution in [1.82, 2.24) is 24.3 Å². The number of hydrogen-bond donors (Lipinski definition) is 1. The minimum absolute atomic E-state index is 0.0200.